The molecule has 9 nitrogen and oxygen atoms in total. The molecule has 1 fully saturated rings. The van der Waals surface area contributed by atoms with Crippen molar-refractivity contribution in [2.75, 3.05) is 0 Å². The first-order chi connectivity index (χ1) is 14.0. The molecule has 2 amide bonds. The van der Waals surface area contributed by atoms with Gasteiger partial charge in [0.15, 0.2) is 16.1 Å². The van der Waals surface area contributed by atoms with E-state index >= 15 is 0 Å². The fourth-order valence-corrected chi connectivity index (χ4v) is 4.22. The highest BCUT2D eigenvalue weighted by atomic mass is 32.2. The molecule has 0 radical (unpaired) electrons. The molecule has 1 aromatic carbocycles. The van der Waals surface area contributed by atoms with Crippen LogP contribution < -0.4 is 16.6 Å². The number of nitrogens with zero attached hydrogens (tertiary/aromatic N) is 3. The van der Waals surface area contributed by atoms with Gasteiger partial charge in [-0.25, -0.2) is 9.67 Å². The predicted octanol–water partition coefficient (Wildman–Crippen LogP) is 1.11. The lowest BCUT2D eigenvalue weighted by atomic mass is 10.2. The average molecular weight is 412 g/mol. The zero-order valence-electron chi connectivity index (χ0n) is 15.5. The first-order valence-electron chi connectivity index (χ1n) is 9.33. The molecule has 2 heterocycles. The number of amides is 2. The van der Waals surface area contributed by atoms with Crippen LogP contribution in [0, 0.1) is 0 Å². The Labute approximate surface area is 170 Å². The number of thioether (sulfide) groups is 1. The fraction of sp³-hybridized carbons (Fsp3) is 0.316. The van der Waals surface area contributed by atoms with Gasteiger partial charge in [0.2, 0.25) is 11.8 Å². The Morgan fingerprint density at radius 3 is 2.66 bits per heavy atom. The van der Waals surface area contributed by atoms with Crippen molar-refractivity contribution < 1.29 is 9.59 Å². The van der Waals surface area contributed by atoms with E-state index in [9.17, 15) is 14.4 Å². The number of aromatic amines is 1. The third kappa shape index (κ3) is 4.02. The van der Waals surface area contributed by atoms with Crippen LogP contribution in [0.5, 0.6) is 0 Å². The highest BCUT2D eigenvalue weighted by Crippen LogP contribution is 2.23. The van der Waals surface area contributed by atoms with E-state index in [2.05, 4.69) is 20.4 Å². The number of nitrogens with one attached hydrogen (secondary N) is 2. The molecule has 10 heteroatoms. The minimum atomic E-state index is -1.19. The molecule has 1 atom stereocenters. The standard InChI is InChI=1S/C19H20N6O3S/c20-15(26)14(18(28)22-11-6-4-5-7-11)29-19-23-16-13(17(27)24-19)10-21-25(16)12-8-2-1-3-9-12/h1-3,8-11,14H,4-7H2,(H2,20,26)(H,22,28)(H,23,24,27). The molecular formula is C19H20N6O3S. The summed E-state index contributed by atoms with van der Waals surface area (Å²) >= 11 is 0.830. The normalized spacial score (nSPS) is 15.4. The maximum Gasteiger partial charge on any atom is 0.262 e. The number of hydrogen-bond donors (Lipinski definition) is 3. The van der Waals surface area contributed by atoms with Crippen molar-refractivity contribution in [1.29, 1.82) is 0 Å². The van der Waals surface area contributed by atoms with Gasteiger partial charge in [0.25, 0.3) is 5.56 Å². The van der Waals surface area contributed by atoms with Gasteiger partial charge in [0, 0.05) is 6.04 Å². The summed E-state index contributed by atoms with van der Waals surface area (Å²) in [6.07, 6.45) is 5.31. The van der Waals surface area contributed by atoms with Gasteiger partial charge in [-0.2, -0.15) is 5.10 Å². The van der Waals surface area contributed by atoms with Gasteiger partial charge < -0.3 is 16.0 Å². The van der Waals surface area contributed by atoms with Crippen molar-refractivity contribution >= 4 is 34.6 Å². The van der Waals surface area contributed by atoms with Gasteiger partial charge in [-0.15, -0.1) is 0 Å². The Morgan fingerprint density at radius 2 is 1.97 bits per heavy atom. The fourth-order valence-electron chi connectivity index (χ4n) is 3.41. The molecule has 1 unspecified atom stereocenters. The monoisotopic (exact) mass is 412 g/mol. The Hall–Kier alpha value is -3.14. The number of H-pyrrole nitrogens is 1. The Kier molecular flexibility index (Phi) is 5.34. The number of carbonyl (C=O) groups excluding carboxylic acids is 2. The summed E-state index contributed by atoms with van der Waals surface area (Å²) in [5, 5.41) is 6.36. The van der Waals surface area contributed by atoms with Crippen LogP contribution in [0.15, 0.2) is 46.5 Å². The van der Waals surface area contributed by atoms with Crippen LogP contribution in [-0.4, -0.2) is 42.9 Å². The topological polar surface area (TPSA) is 136 Å². The quantitative estimate of drug-likeness (QED) is 0.315. The second-order valence-electron chi connectivity index (χ2n) is 6.89. The Bertz CT molecular complexity index is 1100. The molecule has 3 aromatic rings. The number of rotatable bonds is 6. The molecule has 0 saturated heterocycles. The van der Waals surface area contributed by atoms with E-state index in [1.165, 1.54) is 10.9 Å². The number of primary amides is 1. The van der Waals surface area contributed by atoms with E-state index in [1.54, 1.807) is 0 Å². The zero-order valence-corrected chi connectivity index (χ0v) is 16.3. The third-order valence-corrected chi connectivity index (χ3v) is 5.94. The molecular weight excluding hydrogens is 392 g/mol. The van der Waals surface area contributed by atoms with E-state index in [0.717, 1.165) is 43.1 Å². The van der Waals surface area contributed by atoms with Gasteiger partial charge in [-0.3, -0.25) is 14.4 Å². The van der Waals surface area contributed by atoms with Crippen LogP contribution in [-0.2, 0) is 9.59 Å². The summed E-state index contributed by atoms with van der Waals surface area (Å²) in [5.74, 6) is -1.25. The highest BCUT2D eigenvalue weighted by molar-refractivity contribution is 8.01. The molecule has 150 valence electrons. The molecule has 29 heavy (non-hydrogen) atoms. The third-order valence-electron chi connectivity index (χ3n) is 4.84. The van der Waals surface area contributed by atoms with Crippen molar-refractivity contribution in [3.05, 3.63) is 46.9 Å². The maximum atomic E-state index is 12.6. The molecule has 1 aliphatic rings. The van der Waals surface area contributed by atoms with Crippen LogP contribution >= 0.6 is 11.8 Å². The number of para-hydroxylation sites is 1. The van der Waals surface area contributed by atoms with Crippen molar-refractivity contribution in [2.45, 2.75) is 42.1 Å². The van der Waals surface area contributed by atoms with E-state index in [1.807, 2.05) is 30.3 Å². The maximum absolute atomic E-state index is 12.6. The summed E-state index contributed by atoms with van der Waals surface area (Å²) in [6.45, 7) is 0. The zero-order chi connectivity index (χ0) is 20.4. The SMILES string of the molecule is NC(=O)C(Sc1nc2c(cnn2-c2ccccc2)c(=O)[nH]1)C(=O)NC1CCCC1. The summed E-state index contributed by atoms with van der Waals surface area (Å²) in [4.78, 5) is 44.0. The Balaban J connectivity index is 1.64. The summed E-state index contributed by atoms with van der Waals surface area (Å²) < 4.78 is 1.53. The Morgan fingerprint density at radius 1 is 1.24 bits per heavy atom. The number of benzene rings is 1. The van der Waals surface area contributed by atoms with Gasteiger partial charge in [-0.1, -0.05) is 42.8 Å². The molecule has 1 saturated carbocycles. The van der Waals surface area contributed by atoms with Crippen LogP contribution in [0.25, 0.3) is 16.7 Å². The van der Waals surface area contributed by atoms with E-state index < -0.39 is 22.6 Å². The summed E-state index contributed by atoms with van der Waals surface area (Å²) in [7, 11) is 0. The number of carbonyl (C=O) groups is 2. The molecule has 0 bridgehead atoms. The van der Waals surface area contributed by atoms with Crippen molar-refractivity contribution in [2.24, 2.45) is 5.73 Å². The van der Waals surface area contributed by atoms with Crippen LogP contribution in [0.1, 0.15) is 25.7 Å². The van der Waals surface area contributed by atoms with Gasteiger partial charge in [-0.05, 0) is 25.0 Å². The number of aromatic nitrogens is 4. The predicted molar refractivity (Wildman–Crippen MR) is 109 cm³/mol. The van der Waals surface area contributed by atoms with E-state index in [0.29, 0.717) is 11.0 Å². The second-order valence-corrected chi connectivity index (χ2v) is 7.98. The molecule has 0 spiro atoms. The molecule has 2 aromatic heterocycles. The minimum absolute atomic E-state index is 0.0546. The van der Waals surface area contributed by atoms with Gasteiger partial charge >= 0.3 is 0 Å². The summed E-state index contributed by atoms with van der Waals surface area (Å²) in [6, 6.07) is 9.30. The first kappa shape index (κ1) is 19.2. The van der Waals surface area contributed by atoms with Crippen molar-refractivity contribution in [1.82, 2.24) is 25.1 Å². The van der Waals surface area contributed by atoms with Crippen LogP contribution in [0.4, 0.5) is 0 Å². The number of hydrogen-bond acceptors (Lipinski definition) is 6. The number of fused-ring (bicyclic) bond motifs is 1. The molecule has 1 aliphatic carbocycles. The lowest BCUT2D eigenvalue weighted by molar-refractivity contribution is -0.127. The van der Waals surface area contributed by atoms with Crippen LogP contribution in [0.2, 0.25) is 0 Å². The minimum Gasteiger partial charge on any atom is -0.368 e. The molecule has 0 aliphatic heterocycles. The average Bonchev–Trinajstić information content (AvgIpc) is 3.36. The second kappa shape index (κ2) is 8.08. The smallest absolute Gasteiger partial charge is 0.262 e. The lowest BCUT2D eigenvalue weighted by Gasteiger charge is -2.16. The van der Waals surface area contributed by atoms with E-state index in [4.69, 9.17) is 5.73 Å². The van der Waals surface area contributed by atoms with Crippen LogP contribution in [0.3, 0.4) is 0 Å². The summed E-state index contributed by atoms with van der Waals surface area (Å²) in [5.41, 5.74) is 6.12. The van der Waals surface area contributed by atoms with E-state index in [-0.39, 0.29) is 11.2 Å². The number of nitrogens with two attached hydrogens (primary N) is 1. The van der Waals surface area contributed by atoms with Crippen molar-refractivity contribution in [3.8, 4) is 5.69 Å². The molecule has 4 N–H and O–H groups in total. The highest BCUT2D eigenvalue weighted by Gasteiger charge is 2.30. The van der Waals surface area contributed by atoms with Gasteiger partial charge in [0.05, 0.1) is 11.9 Å². The molecule has 4 rings (SSSR count). The van der Waals surface area contributed by atoms with Crippen molar-refractivity contribution in [3.63, 3.8) is 0 Å². The largest absolute Gasteiger partial charge is 0.368 e. The lowest BCUT2D eigenvalue weighted by Crippen LogP contribution is -2.44. The van der Waals surface area contributed by atoms with Gasteiger partial charge in [0.1, 0.15) is 5.39 Å². The first-order valence-corrected chi connectivity index (χ1v) is 10.2.